The molecule has 0 radical (unpaired) electrons. The molecule has 0 fully saturated rings. The van der Waals surface area contributed by atoms with E-state index in [1.807, 2.05) is 32.9 Å². The van der Waals surface area contributed by atoms with Crippen LogP contribution in [0.5, 0.6) is 0 Å². The number of nitrogens with zero attached hydrogens (tertiary/aromatic N) is 1. The monoisotopic (exact) mass is 295 g/mol. The minimum atomic E-state index is -4.45. The highest BCUT2D eigenvalue weighted by molar-refractivity contribution is 5.37. The molecule has 0 amide bonds. The predicted octanol–water partition coefficient (Wildman–Crippen LogP) is 3.84. The van der Waals surface area contributed by atoms with E-state index in [1.165, 1.54) is 0 Å². The van der Waals surface area contributed by atoms with Gasteiger partial charge in [-0.3, -0.25) is 4.79 Å². The third-order valence-corrected chi connectivity index (χ3v) is 3.48. The van der Waals surface area contributed by atoms with Crippen molar-refractivity contribution >= 4 is 0 Å². The van der Waals surface area contributed by atoms with Crippen LogP contribution in [0.2, 0.25) is 0 Å². The summed E-state index contributed by atoms with van der Waals surface area (Å²) < 4.78 is 39.3. The average Bonchev–Trinajstić information content (AvgIpc) is 2.34. The van der Waals surface area contributed by atoms with Crippen LogP contribution in [-0.4, -0.2) is 4.57 Å². The van der Waals surface area contributed by atoms with Crippen LogP contribution in [0.1, 0.15) is 27.8 Å². The molecular formula is C16H16F3NO. The summed E-state index contributed by atoms with van der Waals surface area (Å²) in [5.74, 6) is 0. The fraction of sp³-hybridized carbons (Fsp3) is 0.312. The molecule has 1 aromatic carbocycles. The first-order valence-corrected chi connectivity index (χ1v) is 6.53. The highest BCUT2D eigenvalue weighted by Gasteiger charge is 2.31. The van der Waals surface area contributed by atoms with E-state index >= 15 is 0 Å². The van der Waals surface area contributed by atoms with Crippen LogP contribution in [0.25, 0.3) is 0 Å². The minimum absolute atomic E-state index is 0.140. The Balaban J connectivity index is 2.47. The number of hydrogen-bond acceptors (Lipinski definition) is 1. The standard InChI is InChI=1S/C16H16F3NO/c1-10-6-11(2)14(12(3)7-10)9-20-8-13(16(17,18)19)4-5-15(20)21/h4-8H,9H2,1-3H3. The van der Waals surface area contributed by atoms with Gasteiger partial charge >= 0.3 is 6.18 Å². The first kappa shape index (κ1) is 15.4. The Labute approximate surface area is 120 Å². The van der Waals surface area contributed by atoms with Crippen LogP contribution >= 0.6 is 0 Å². The van der Waals surface area contributed by atoms with Crippen LogP contribution < -0.4 is 5.56 Å². The first-order valence-electron chi connectivity index (χ1n) is 6.53. The second-order valence-corrected chi connectivity index (χ2v) is 5.26. The second-order valence-electron chi connectivity index (χ2n) is 5.26. The van der Waals surface area contributed by atoms with Crippen molar-refractivity contribution in [2.45, 2.75) is 33.5 Å². The molecule has 2 nitrogen and oxygen atoms in total. The molecule has 5 heteroatoms. The van der Waals surface area contributed by atoms with Crippen LogP contribution in [0.3, 0.4) is 0 Å². The number of benzene rings is 1. The number of aryl methyl sites for hydroxylation is 3. The number of aromatic nitrogens is 1. The zero-order valence-corrected chi connectivity index (χ0v) is 12.1. The van der Waals surface area contributed by atoms with Gasteiger partial charge in [-0.15, -0.1) is 0 Å². The average molecular weight is 295 g/mol. The summed E-state index contributed by atoms with van der Waals surface area (Å²) >= 11 is 0. The molecule has 2 aromatic rings. The number of halogens is 3. The van der Waals surface area contributed by atoms with Gasteiger partial charge in [0.25, 0.3) is 5.56 Å². The van der Waals surface area contributed by atoms with Gasteiger partial charge in [-0.25, -0.2) is 0 Å². The van der Waals surface area contributed by atoms with Gasteiger partial charge in [0.2, 0.25) is 0 Å². The molecular weight excluding hydrogens is 279 g/mol. The van der Waals surface area contributed by atoms with Gasteiger partial charge in [0.1, 0.15) is 0 Å². The summed E-state index contributed by atoms with van der Waals surface area (Å²) in [5, 5.41) is 0. The third kappa shape index (κ3) is 3.35. The quantitative estimate of drug-likeness (QED) is 0.825. The predicted molar refractivity (Wildman–Crippen MR) is 75.5 cm³/mol. The fourth-order valence-corrected chi connectivity index (χ4v) is 2.45. The Morgan fingerprint density at radius 2 is 1.62 bits per heavy atom. The van der Waals surface area contributed by atoms with Crippen molar-refractivity contribution in [1.29, 1.82) is 0 Å². The highest BCUT2D eigenvalue weighted by Crippen LogP contribution is 2.28. The van der Waals surface area contributed by atoms with E-state index in [0.717, 1.165) is 45.2 Å². The molecule has 1 aromatic heterocycles. The highest BCUT2D eigenvalue weighted by atomic mass is 19.4. The molecule has 0 atom stereocenters. The van der Waals surface area contributed by atoms with E-state index in [-0.39, 0.29) is 6.54 Å². The van der Waals surface area contributed by atoms with Crippen molar-refractivity contribution in [3.8, 4) is 0 Å². The molecule has 1 heterocycles. The molecule has 0 bridgehead atoms. The van der Waals surface area contributed by atoms with E-state index in [4.69, 9.17) is 0 Å². The van der Waals surface area contributed by atoms with Crippen molar-refractivity contribution in [3.05, 3.63) is 68.6 Å². The Bertz CT molecular complexity index is 706. The van der Waals surface area contributed by atoms with Gasteiger partial charge in [-0.05, 0) is 43.5 Å². The summed E-state index contributed by atoms with van der Waals surface area (Å²) in [6.07, 6.45) is -3.58. The van der Waals surface area contributed by atoms with E-state index < -0.39 is 17.3 Å². The maximum Gasteiger partial charge on any atom is 0.417 e. The number of rotatable bonds is 2. The van der Waals surface area contributed by atoms with E-state index in [2.05, 4.69) is 0 Å². The fourth-order valence-electron chi connectivity index (χ4n) is 2.45. The second kappa shape index (κ2) is 5.39. The lowest BCUT2D eigenvalue weighted by Gasteiger charge is -2.14. The first-order chi connectivity index (χ1) is 9.68. The zero-order valence-electron chi connectivity index (χ0n) is 12.1. The summed E-state index contributed by atoms with van der Waals surface area (Å²) in [4.78, 5) is 11.8. The molecule has 0 saturated heterocycles. The maximum atomic E-state index is 12.7. The van der Waals surface area contributed by atoms with Gasteiger partial charge in [0.05, 0.1) is 12.1 Å². The van der Waals surface area contributed by atoms with Crippen LogP contribution in [0, 0.1) is 20.8 Å². The SMILES string of the molecule is Cc1cc(C)c(Cn2cc(C(F)(F)F)ccc2=O)c(C)c1. The summed E-state index contributed by atoms with van der Waals surface area (Å²) in [6.45, 7) is 5.89. The molecule has 0 unspecified atom stereocenters. The van der Waals surface area contributed by atoms with Crippen molar-refractivity contribution in [1.82, 2.24) is 4.57 Å². The van der Waals surface area contributed by atoms with Gasteiger partial charge in [-0.1, -0.05) is 17.7 Å². The molecule has 21 heavy (non-hydrogen) atoms. The number of alkyl halides is 3. The molecule has 0 N–H and O–H groups in total. The lowest BCUT2D eigenvalue weighted by atomic mass is 10.00. The molecule has 0 aliphatic rings. The van der Waals surface area contributed by atoms with E-state index in [1.54, 1.807) is 0 Å². The molecule has 0 saturated carbocycles. The minimum Gasteiger partial charge on any atom is -0.310 e. The Morgan fingerprint density at radius 3 is 2.14 bits per heavy atom. The Morgan fingerprint density at radius 1 is 1.05 bits per heavy atom. The lowest BCUT2D eigenvalue weighted by molar-refractivity contribution is -0.138. The van der Waals surface area contributed by atoms with Crippen LogP contribution in [-0.2, 0) is 12.7 Å². The van der Waals surface area contributed by atoms with Crippen molar-refractivity contribution in [3.63, 3.8) is 0 Å². The number of hydrogen-bond donors (Lipinski definition) is 0. The maximum absolute atomic E-state index is 12.7. The van der Waals surface area contributed by atoms with E-state index in [9.17, 15) is 18.0 Å². The summed E-state index contributed by atoms with van der Waals surface area (Å²) in [6, 6.07) is 5.69. The normalized spacial score (nSPS) is 11.7. The van der Waals surface area contributed by atoms with Gasteiger partial charge in [0, 0.05) is 12.3 Å². The van der Waals surface area contributed by atoms with Crippen molar-refractivity contribution < 1.29 is 13.2 Å². The smallest absolute Gasteiger partial charge is 0.310 e. The lowest BCUT2D eigenvalue weighted by Crippen LogP contribution is -2.22. The molecule has 0 aliphatic carbocycles. The van der Waals surface area contributed by atoms with Gasteiger partial charge in [0.15, 0.2) is 0 Å². The Kier molecular flexibility index (Phi) is 3.94. The van der Waals surface area contributed by atoms with Crippen LogP contribution in [0.4, 0.5) is 13.2 Å². The van der Waals surface area contributed by atoms with Crippen LogP contribution in [0.15, 0.2) is 35.3 Å². The van der Waals surface area contributed by atoms with E-state index in [0.29, 0.717) is 0 Å². The van der Waals surface area contributed by atoms with Gasteiger partial charge in [-0.2, -0.15) is 13.2 Å². The molecule has 112 valence electrons. The zero-order chi connectivity index (χ0) is 15.8. The molecule has 0 spiro atoms. The largest absolute Gasteiger partial charge is 0.417 e. The van der Waals surface area contributed by atoms with Gasteiger partial charge < -0.3 is 4.57 Å². The molecule has 2 rings (SSSR count). The third-order valence-electron chi connectivity index (χ3n) is 3.48. The van der Waals surface area contributed by atoms with Crippen molar-refractivity contribution in [2.75, 3.05) is 0 Å². The topological polar surface area (TPSA) is 22.0 Å². The number of pyridine rings is 1. The summed E-state index contributed by atoms with van der Waals surface area (Å²) in [5.41, 5.74) is 2.65. The van der Waals surface area contributed by atoms with Crippen molar-refractivity contribution in [2.24, 2.45) is 0 Å². The molecule has 0 aliphatic heterocycles. The summed E-state index contributed by atoms with van der Waals surface area (Å²) in [7, 11) is 0. The Hall–Kier alpha value is -2.04.